The summed E-state index contributed by atoms with van der Waals surface area (Å²) in [5, 5.41) is 2.02. The summed E-state index contributed by atoms with van der Waals surface area (Å²) in [5.74, 6) is 0.391. The summed E-state index contributed by atoms with van der Waals surface area (Å²) in [6.45, 7) is 1.02. The van der Waals surface area contributed by atoms with Crippen LogP contribution in [0.25, 0.3) is 0 Å². The number of rotatable bonds is 3. The molecule has 1 aliphatic rings. The molecule has 0 fully saturated rings. The highest BCUT2D eigenvalue weighted by Gasteiger charge is 2.28. The Bertz CT molecular complexity index is 707. The fourth-order valence-corrected chi connectivity index (χ4v) is 4.81. The van der Waals surface area contributed by atoms with Gasteiger partial charge in [0, 0.05) is 23.8 Å². The highest BCUT2D eigenvalue weighted by atomic mass is 35.5. The van der Waals surface area contributed by atoms with Gasteiger partial charge in [-0.05, 0) is 41.1 Å². The molecule has 6 heteroatoms. The Morgan fingerprint density at radius 1 is 1.20 bits per heavy atom. The molecule has 0 atom stereocenters. The Kier molecular flexibility index (Phi) is 3.86. The zero-order valence-electron chi connectivity index (χ0n) is 10.8. The number of sulfonamides is 1. The van der Waals surface area contributed by atoms with E-state index in [1.807, 2.05) is 11.4 Å². The van der Waals surface area contributed by atoms with Crippen molar-refractivity contribution in [1.82, 2.24) is 4.31 Å². The van der Waals surface area contributed by atoms with E-state index in [1.54, 1.807) is 39.9 Å². The first-order valence-corrected chi connectivity index (χ1v) is 9.17. The Morgan fingerprint density at radius 3 is 2.65 bits per heavy atom. The van der Waals surface area contributed by atoms with Crippen molar-refractivity contribution in [3.8, 4) is 0 Å². The molecule has 0 spiro atoms. The van der Waals surface area contributed by atoms with Crippen LogP contribution in [0.3, 0.4) is 0 Å². The predicted octanol–water partition coefficient (Wildman–Crippen LogP) is 3.23. The Hall–Kier alpha value is -0.880. The van der Waals surface area contributed by atoms with Crippen LogP contribution in [0.2, 0.25) is 0 Å². The third-order valence-corrected chi connectivity index (χ3v) is 6.68. The summed E-state index contributed by atoms with van der Waals surface area (Å²) in [6, 6.07) is 8.81. The van der Waals surface area contributed by atoms with Gasteiger partial charge < -0.3 is 0 Å². The lowest BCUT2D eigenvalue weighted by atomic mass is 10.1. The number of thiophene rings is 1. The van der Waals surface area contributed by atoms with Crippen LogP contribution in [0.5, 0.6) is 0 Å². The van der Waals surface area contributed by atoms with Gasteiger partial charge in [0.15, 0.2) is 0 Å². The number of alkyl halides is 1. The molecule has 0 saturated carbocycles. The molecule has 20 heavy (non-hydrogen) atoms. The van der Waals surface area contributed by atoms with Crippen molar-refractivity contribution in [2.75, 3.05) is 6.54 Å². The normalized spacial score (nSPS) is 16.1. The fourth-order valence-electron chi connectivity index (χ4n) is 2.33. The van der Waals surface area contributed by atoms with Crippen molar-refractivity contribution in [3.05, 3.63) is 51.7 Å². The summed E-state index contributed by atoms with van der Waals surface area (Å²) in [7, 11) is -3.41. The van der Waals surface area contributed by atoms with Gasteiger partial charge in [0.05, 0.1) is 4.90 Å². The molecule has 3 nitrogen and oxygen atoms in total. The van der Waals surface area contributed by atoms with E-state index >= 15 is 0 Å². The molecule has 0 saturated heterocycles. The van der Waals surface area contributed by atoms with Gasteiger partial charge in [0.25, 0.3) is 0 Å². The Morgan fingerprint density at radius 2 is 1.95 bits per heavy atom. The smallest absolute Gasteiger partial charge is 0.207 e. The molecule has 1 aromatic carbocycles. The molecule has 3 rings (SSSR count). The average molecular weight is 328 g/mol. The fraction of sp³-hybridized carbons (Fsp3) is 0.286. The van der Waals surface area contributed by atoms with Crippen molar-refractivity contribution < 1.29 is 8.42 Å². The molecule has 0 N–H and O–H groups in total. The number of hydrogen-bond acceptors (Lipinski definition) is 3. The standard InChI is InChI=1S/C14H14ClNO2S2/c15-9-11-1-3-13(4-2-11)20(17,18)16-7-5-14-12(10-16)6-8-19-14/h1-4,6,8H,5,7,9-10H2. The number of benzene rings is 1. The molecule has 0 amide bonds. The van der Waals surface area contributed by atoms with Crippen LogP contribution in [0.1, 0.15) is 16.0 Å². The van der Waals surface area contributed by atoms with E-state index in [0.29, 0.717) is 23.9 Å². The van der Waals surface area contributed by atoms with Crippen molar-refractivity contribution >= 4 is 33.0 Å². The molecule has 2 aromatic rings. The van der Waals surface area contributed by atoms with Gasteiger partial charge >= 0.3 is 0 Å². The molecular weight excluding hydrogens is 314 g/mol. The monoisotopic (exact) mass is 327 g/mol. The van der Waals surface area contributed by atoms with Gasteiger partial charge in [-0.1, -0.05) is 12.1 Å². The van der Waals surface area contributed by atoms with Crippen LogP contribution in [0, 0.1) is 0 Å². The molecular formula is C14H14ClNO2S2. The topological polar surface area (TPSA) is 37.4 Å². The maximum Gasteiger partial charge on any atom is 0.243 e. The Labute approximate surface area is 127 Å². The Balaban J connectivity index is 1.88. The van der Waals surface area contributed by atoms with Gasteiger partial charge in [-0.3, -0.25) is 0 Å². The molecule has 1 aromatic heterocycles. The second kappa shape index (κ2) is 5.48. The first kappa shape index (κ1) is 14.1. The van der Waals surface area contributed by atoms with Gasteiger partial charge in [0.1, 0.15) is 0 Å². The lowest BCUT2D eigenvalue weighted by molar-refractivity contribution is 0.394. The number of halogens is 1. The van der Waals surface area contributed by atoms with Crippen LogP contribution in [-0.2, 0) is 28.9 Å². The van der Waals surface area contributed by atoms with Crippen molar-refractivity contribution in [1.29, 1.82) is 0 Å². The van der Waals surface area contributed by atoms with Gasteiger partial charge in [0.2, 0.25) is 10.0 Å². The summed E-state index contributed by atoms with van der Waals surface area (Å²) in [6.07, 6.45) is 0.798. The molecule has 0 radical (unpaired) electrons. The second-order valence-electron chi connectivity index (χ2n) is 4.74. The van der Waals surface area contributed by atoms with E-state index in [4.69, 9.17) is 11.6 Å². The SMILES string of the molecule is O=S(=O)(c1ccc(CCl)cc1)N1CCc2sccc2C1. The van der Waals surface area contributed by atoms with Crippen LogP contribution in [-0.4, -0.2) is 19.3 Å². The van der Waals surface area contributed by atoms with Gasteiger partial charge in [-0.2, -0.15) is 4.31 Å². The summed E-state index contributed by atoms with van der Waals surface area (Å²) < 4.78 is 26.8. The number of hydrogen-bond donors (Lipinski definition) is 0. The van der Waals surface area contributed by atoms with Crippen LogP contribution in [0.15, 0.2) is 40.6 Å². The minimum atomic E-state index is -3.41. The maximum atomic E-state index is 12.6. The lowest BCUT2D eigenvalue weighted by Gasteiger charge is -2.26. The van der Waals surface area contributed by atoms with E-state index in [9.17, 15) is 8.42 Å². The van der Waals surface area contributed by atoms with Crippen molar-refractivity contribution in [2.45, 2.75) is 23.7 Å². The van der Waals surface area contributed by atoms with E-state index in [2.05, 4.69) is 0 Å². The average Bonchev–Trinajstić information content (AvgIpc) is 2.94. The van der Waals surface area contributed by atoms with Crippen LogP contribution in [0.4, 0.5) is 0 Å². The van der Waals surface area contributed by atoms with Crippen LogP contribution < -0.4 is 0 Å². The molecule has 0 bridgehead atoms. The molecule has 2 heterocycles. The third kappa shape index (κ3) is 2.51. The molecule has 1 aliphatic heterocycles. The van der Waals surface area contributed by atoms with Gasteiger partial charge in [-0.15, -0.1) is 22.9 Å². The minimum Gasteiger partial charge on any atom is -0.207 e. The third-order valence-electron chi connectivity index (χ3n) is 3.49. The minimum absolute atomic E-state index is 0.338. The first-order valence-electron chi connectivity index (χ1n) is 6.31. The predicted molar refractivity (Wildman–Crippen MR) is 81.6 cm³/mol. The summed E-state index contributed by atoms with van der Waals surface area (Å²) in [4.78, 5) is 1.64. The quantitative estimate of drug-likeness (QED) is 0.812. The van der Waals surface area contributed by atoms with E-state index in [-0.39, 0.29) is 0 Å². The summed E-state index contributed by atoms with van der Waals surface area (Å²) >= 11 is 7.43. The second-order valence-corrected chi connectivity index (χ2v) is 7.94. The highest BCUT2D eigenvalue weighted by Crippen LogP contribution is 2.28. The molecule has 106 valence electrons. The van der Waals surface area contributed by atoms with Crippen molar-refractivity contribution in [2.24, 2.45) is 0 Å². The van der Waals surface area contributed by atoms with Crippen molar-refractivity contribution in [3.63, 3.8) is 0 Å². The zero-order chi connectivity index (χ0) is 14.2. The largest absolute Gasteiger partial charge is 0.243 e. The maximum absolute atomic E-state index is 12.6. The zero-order valence-corrected chi connectivity index (χ0v) is 13.1. The van der Waals surface area contributed by atoms with E-state index in [0.717, 1.165) is 17.5 Å². The van der Waals surface area contributed by atoms with E-state index in [1.165, 1.54) is 4.88 Å². The summed E-state index contributed by atoms with van der Waals surface area (Å²) in [5.41, 5.74) is 2.05. The molecule has 0 aliphatic carbocycles. The first-order chi connectivity index (χ1) is 9.61. The van der Waals surface area contributed by atoms with Gasteiger partial charge in [-0.25, -0.2) is 8.42 Å². The number of nitrogens with zero attached hydrogens (tertiary/aromatic N) is 1. The molecule has 0 unspecified atom stereocenters. The number of fused-ring (bicyclic) bond motifs is 1. The lowest BCUT2D eigenvalue weighted by Crippen LogP contribution is -2.35. The van der Waals surface area contributed by atoms with E-state index < -0.39 is 10.0 Å². The van der Waals surface area contributed by atoms with Crippen LogP contribution >= 0.6 is 22.9 Å². The highest BCUT2D eigenvalue weighted by molar-refractivity contribution is 7.89.